The number of amides is 1. The molecule has 1 heterocycles. The number of carbonyl (C=O) groups is 2. The van der Waals surface area contributed by atoms with Gasteiger partial charge in [-0.15, -0.1) is 0 Å². The quantitative estimate of drug-likeness (QED) is 0.286. The summed E-state index contributed by atoms with van der Waals surface area (Å²) < 4.78 is 19.0. The Kier molecular flexibility index (Phi) is 9.81. The molecule has 0 aliphatic carbocycles. The average molecular weight is 474 g/mol. The number of hydrogen-bond acceptors (Lipinski definition) is 6. The van der Waals surface area contributed by atoms with E-state index in [1.807, 2.05) is 25.1 Å². The predicted molar refractivity (Wildman–Crippen MR) is 129 cm³/mol. The Morgan fingerprint density at radius 2 is 1.88 bits per heavy atom. The summed E-state index contributed by atoms with van der Waals surface area (Å²) in [5.74, 6) is -1.60. The van der Waals surface area contributed by atoms with Gasteiger partial charge in [-0.25, -0.2) is 14.2 Å². The number of unbranched alkanes of at least 4 members (excludes halogenated alkanes) is 2. The average Bonchev–Trinajstić information content (AvgIpc) is 3.15. The molecule has 33 heavy (non-hydrogen) atoms. The Hall–Kier alpha value is -3.46. The van der Waals surface area contributed by atoms with E-state index in [1.165, 1.54) is 44.0 Å². The number of nitrogens with two attached hydrogens (primary N) is 1. The van der Waals surface area contributed by atoms with Crippen LogP contribution in [0.2, 0.25) is 0 Å². The number of carboxylic acids is 1. The molecule has 0 radical (unpaired) electrons. The molecule has 0 aliphatic heterocycles. The highest BCUT2D eigenvalue weighted by Gasteiger charge is 2.17. The van der Waals surface area contributed by atoms with Crippen LogP contribution in [0.25, 0.3) is 0 Å². The van der Waals surface area contributed by atoms with Crippen molar-refractivity contribution in [3.8, 4) is 5.75 Å². The number of para-hydroxylation sites is 1. The summed E-state index contributed by atoms with van der Waals surface area (Å²) in [6.45, 7) is 6.47. The van der Waals surface area contributed by atoms with Gasteiger partial charge in [0.15, 0.2) is 5.13 Å². The van der Waals surface area contributed by atoms with E-state index in [4.69, 9.17) is 15.6 Å². The molecule has 0 fully saturated rings. The third-order valence-electron chi connectivity index (χ3n) is 4.62. The molecule has 9 heteroatoms. The number of aromatic nitrogens is 1. The second-order valence-electron chi connectivity index (χ2n) is 7.21. The van der Waals surface area contributed by atoms with E-state index in [-0.39, 0.29) is 15.6 Å². The van der Waals surface area contributed by atoms with Crippen molar-refractivity contribution in [2.45, 2.75) is 40.0 Å². The Morgan fingerprint density at radius 3 is 2.52 bits per heavy atom. The van der Waals surface area contributed by atoms with Crippen LogP contribution in [0.1, 0.15) is 57.5 Å². The summed E-state index contributed by atoms with van der Waals surface area (Å²) in [7, 11) is 0. The van der Waals surface area contributed by atoms with Crippen molar-refractivity contribution in [1.82, 2.24) is 4.98 Å². The van der Waals surface area contributed by atoms with Gasteiger partial charge in [0.1, 0.15) is 16.4 Å². The van der Waals surface area contributed by atoms with Gasteiger partial charge in [-0.05, 0) is 44.0 Å². The third kappa shape index (κ3) is 7.57. The number of carboxylic acid groups (broad SMARTS) is 1. The van der Waals surface area contributed by atoms with Gasteiger partial charge >= 0.3 is 5.97 Å². The minimum atomic E-state index is -1.11. The van der Waals surface area contributed by atoms with E-state index in [1.54, 1.807) is 0 Å². The number of benzene rings is 2. The van der Waals surface area contributed by atoms with Crippen LogP contribution in [0.3, 0.4) is 0 Å². The molecule has 4 N–H and O–H groups in total. The van der Waals surface area contributed by atoms with E-state index in [9.17, 15) is 14.0 Å². The number of rotatable bonds is 8. The maximum atomic E-state index is 13.4. The van der Waals surface area contributed by atoms with Gasteiger partial charge in [0.2, 0.25) is 0 Å². The molecule has 0 spiro atoms. The molecule has 3 rings (SSSR count). The predicted octanol–water partition coefficient (Wildman–Crippen LogP) is 5.69. The number of carbonyl (C=O) groups excluding carboxylic acids is 1. The third-order valence-corrected chi connectivity index (χ3v) is 5.68. The zero-order valence-electron chi connectivity index (χ0n) is 18.9. The van der Waals surface area contributed by atoms with E-state index in [2.05, 4.69) is 17.2 Å². The largest absolute Gasteiger partial charge is 0.491 e. The molecular formula is C24H28FN3O4S. The topological polar surface area (TPSA) is 115 Å². The van der Waals surface area contributed by atoms with Gasteiger partial charge in [0.25, 0.3) is 5.91 Å². The smallest absolute Gasteiger partial charge is 0.347 e. The molecule has 2 aromatic carbocycles. The maximum absolute atomic E-state index is 13.4. The van der Waals surface area contributed by atoms with Gasteiger partial charge in [0, 0.05) is 0 Å². The molecule has 0 saturated carbocycles. The number of ether oxygens (including phenoxy) is 1. The molecule has 3 aromatic rings. The number of aromatic carboxylic acids is 1. The van der Waals surface area contributed by atoms with Crippen molar-refractivity contribution in [3.63, 3.8) is 0 Å². The highest BCUT2D eigenvalue weighted by atomic mass is 32.1. The Labute approximate surface area is 196 Å². The van der Waals surface area contributed by atoms with Crippen molar-refractivity contribution in [1.29, 1.82) is 0 Å². The number of aryl methyl sites for hydroxylation is 2. The normalized spacial score (nSPS) is 10.2. The molecule has 0 saturated heterocycles. The zero-order chi connectivity index (χ0) is 24.4. The lowest BCUT2D eigenvalue weighted by Gasteiger charge is -2.09. The molecule has 0 atom stereocenters. The van der Waals surface area contributed by atoms with Gasteiger partial charge < -0.3 is 15.6 Å². The summed E-state index contributed by atoms with van der Waals surface area (Å²) in [6.07, 6.45) is 3.53. The zero-order valence-corrected chi connectivity index (χ0v) is 19.7. The fourth-order valence-electron chi connectivity index (χ4n) is 2.77. The van der Waals surface area contributed by atoms with Crippen molar-refractivity contribution >= 4 is 34.0 Å². The number of anilines is 2. The van der Waals surface area contributed by atoms with Crippen molar-refractivity contribution in [2.24, 2.45) is 0 Å². The van der Waals surface area contributed by atoms with Crippen molar-refractivity contribution in [3.05, 3.63) is 70.0 Å². The highest BCUT2D eigenvalue weighted by molar-refractivity contribution is 7.17. The van der Waals surface area contributed by atoms with Gasteiger partial charge in [-0.2, -0.15) is 0 Å². The van der Waals surface area contributed by atoms with Crippen LogP contribution in [-0.2, 0) is 0 Å². The molecule has 176 valence electrons. The molecule has 1 amide bonds. The Bertz CT molecular complexity index is 1100. The lowest BCUT2D eigenvalue weighted by atomic mass is 10.2. The van der Waals surface area contributed by atoms with E-state index >= 15 is 0 Å². The van der Waals surface area contributed by atoms with Crippen LogP contribution in [0.5, 0.6) is 5.75 Å². The Morgan fingerprint density at radius 1 is 1.15 bits per heavy atom. The number of halogens is 1. The molecule has 0 unspecified atom stereocenters. The minimum Gasteiger partial charge on any atom is -0.491 e. The van der Waals surface area contributed by atoms with E-state index in [0.29, 0.717) is 5.69 Å². The second kappa shape index (κ2) is 12.5. The van der Waals surface area contributed by atoms with Crippen LogP contribution in [0.4, 0.5) is 15.2 Å². The van der Waals surface area contributed by atoms with Crippen molar-refractivity contribution < 1.29 is 23.8 Å². The van der Waals surface area contributed by atoms with Gasteiger partial charge in [-0.3, -0.25) is 10.1 Å². The molecule has 0 aliphatic rings. The number of nitrogens with zero attached hydrogens (tertiary/aromatic N) is 1. The van der Waals surface area contributed by atoms with Crippen LogP contribution in [0.15, 0.2) is 42.5 Å². The maximum Gasteiger partial charge on any atom is 0.347 e. The minimum absolute atomic E-state index is 0.0452. The summed E-state index contributed by atoms with van der Waals surface area (Å²) >= 11 is 0.831. The monoisotopic (exact) mass is 473 g/mol. The Balaban J connectivity index is 0.000000245. The standard InChI is InChI=1S/C12H9FN2O3S.C12H19NO/c1-6-9(11(17)18)19-12(14-6)15-10(16)7-4-2-3-5-8(7)13;1-3-4-5-9-14-11-8-6-7-10(2)12(11)13/h2-5H,1H3,(H,17,18)(H,14,15,16);6-8H,3-5,9,13H2,1-2H3. The van der Waals surface area contributed by atoms with E-state index in [0.717, 1.165) is 41.4 Å². The first kappa shape index (κ1) is 25.8. The molecule has 7 nitrogen and oxygen atoms in total. The van der Waals surface area contributed by atoms with Crippen LogP contribution in [-0.4, -0.2) is 28.6 Å². The van der Waals surface area contributed by atoms with Crippen molar-refractivity contribution in [2.75, 3.05) is 17.7 Å². The first-order valence-electron chi connectivity index (χ1n) is 10.5. The molecule has 1 aromatic heterocycles. The van der Waals surface area contributed by atoms with Crippen LogP contribution >= 0.6 is 11.3 Å². The van der Waals surface area contributed by atoms with E-state index < -0.39 is 17.7 Å². The summed E-state index contributed by atoms with van der Waals surface area (Å²) in [5.41, 5.74) is 7.91. The van der Waals surface area contributed by atoms with Crippen LogP contribution in [0, 0.1) is 19.7 Å². The summed E-state index contributed by atoms with van der Waals surface area (Å²) in [4.78, 5) is 26.6. The number of nitrogen functional groups attached to an aromatic ring is 1. The van der Waals surface area contributed by atoms with Gasteiger partial charge in [-0.1, -0.05) is 55.4 Å². The highest BCUT2D eigenvalue weighted by Crippen LogP contribution is 2.25. The lowest BCUT2D eigenvalue weighted by Crippen LogP contribution is -2.13. The summed E-state index contributed by atoms with van der Waals surface area (Å²) in [5, 5.41) is 11.4. The number of nitrogens with one attached hydrogen (secondary N) is 1. The number of hydrogen-bond donors (Lipinski definition) is 3. The first-order chi connectivity index (χ1) is 15.7. The molecular weight excluding hydrogens is 445 g/mol. The van der Waals surface area contributed by atoms with Crippen LogP contribution < -0.4 is 15.8 Å². The fraction of sp³-hybridized carbons (Fsp3) is 0.292. The first-order valence-corrected chi connectivity index (χ1v) is 11.3. The SMILES string of the molecule is CCCCCOc1cccc(C)c1N.Cc1nc(NC(=O)c2ccccc2F)sc1C(=O)O. The number of thiazole rings is 1. The molecule has 0 bridgehead atoms. The van der Waals surface area contributed by atoms with Gasteiger partial charge in [0.05, 0.1) is 23.6 Å². The lowest BCUT2D eigenvalue weighted by molar-refractivity contribution is 0.0701. The fourth-order valence-corrected chi connectivity index (χ4v) is 3.57. The second-order valence-corrected chi connectivity index (χ2v) is 8.21. The summed E-state index contributed by atoms with van der Waals surface area (Å²) in [6, 6.07) is 11.4.